The summed E-state index contributed by atoms with van der Waals surface area (Å²) < 4.78 is 11.1. The molecule has 0 bridgehead atoms. The minimum Gasteiger partial charge on any atom is -0.493 e. The Morgan fingerprint density at radius 1 is 1.20 bits per heavy atom. The number of ether oxygens (including phenoxy) is 1. The third-order valence-electron chi connectivity index (χ3n) is 6.28. The average molecular weight is 405 g/mol. The summed E-state index contributed by atoms with van der Waals surface area (Å²) in [6, 6.07) is 17.7. The minimum absolute atomic E-state index is 0.122. The van der Waals surface area contributed by atoms with Crippen LogP contribution in [0.3, 0.4) is 0 Å². The van der Waals surface area contributed by atoms with Gasteiger partial charge in [-0.15, -0.1) is 0 Å². The van der Waals surface area contributed by atoms with E-state index < -0.39 is 5.97 Å². The molecule has 1 aliphatic carbocycles. The van der Waals surface area contributed by atoms with Crippen molar-refractivity contribution in [3.8, 4) is 17.2 Å². The summed E-state index contributed by atoms with van der Waals surface area (Å²) in [4.78, 5) is 15.9. The van der Waals surface area contributed by atoms with Crippen LogP contribution in [0, 0.1) is 11.3 Å². The Balaban J connectivity index is 1.15. The topological polar surface area (TPSA) is 97.5 Å². The first-order chi connectivity index (χ1) is 14.7. The maximum absolute atomic E-state index is 11.5. The van der Waals surface area contributed by atoms with Crippen molar-refractivity contribution < 1.29 is 19.2 Å². The molecule has 1 aromatic heterocycles. The first-order valence-electron chi connectivity index (χ1n) is 10.2. The molecule has 1 saturated heterocycles. The van der Waals surface area contributed by atoms with E-state index in [1.54, 1.807) is 0 Å². The molecule has 5 rings (SSSR count). The van der Waals surface area contributed by atoms with Crippen molar-refractivity contribution in [2.45, 2.75) is 18.8 Å². The molecule has 7 nitrogen and oxygen atoms in total. The Labute approximate surface area is 174 Å². The van der Waals surface area contributed by atoms with Gasteiger partial charge in [0.05, 0.1) is 12.5 Å². The molecule has 2 heterocycles. The zero-order valence-electron chi connectivity index (χ0n) is 16.5. The highest BCUT2D eigenvalue weighted by Crippen LogP contribution is 2.65. The minimum atomic E-state index is -0.695. The van der Waals surface area contributed by atoms with Crippen LogP contribution in [-0.2, 0) is 11.2 Å². The first-order valence-corrected chi connectivity index (χ1v) is 10.2. The summed E-state index contributed by atoms with van der Waals surface area (Å²) >= 11 is 0. The summed E-state index contributed by atoms with van der Waals surface area (Å²) in [5, 5.41) is 16.7. The lowest BCUT2D eigenvalue weighted by molar-refractivity contribution is -0.142. The predicted molar refractivity (Wildman–Crippen MR) is 109 cm³/mol. The molecule has 2 aliphatic rings. The number of aliphatic carboxylic acids is 1. The monoisotopic (exact) mass is 405 g/mol. The molecule has 3 atom stereocenters. The number of carboxylic acid groups (broad SMARTS) is 1. The molecule has 0 amide bonds. The number of hydrogen-bond acceptors (Lipinski definition) is 6. The van der Waals surface area contributed by atoms with Gasteiger partial charge in [-0.2, -0.15) is 4.98 Å². The number of aromatic nitrogens is 2. The van der Waals surface area contributed by atoms with Gasteiger partial charge < -0.3 is 19.7 Å². The van der Waals surface area contributed by atoms with E-state index in [4.69, 9.17) is 9.26 Å². The van der Waals surface area contributed by atoms with Gasteiger partial charge in [-0.05, 0) is 42.2 Å². The maximum Gasteiger partial charge on any atom is 0.308 e. The second-order valence-electron chi connectivity index (χ2n) is 8.06. The largest absolute Gasteiger partial charge is 0.493 e. The van der Waals surface area contributed by atoms with Gasteiger partial charge in [-0.1, -0.05) is 35.5 Å². The molecule has 154 valence electrons. The Kier molecular flexibility index (Phi) is 4.75. The van der Waals surface area contributed by atoms with Crippen molar-refractivity contribution in [3.63, 3.8) is 0 Å². The van der Waals surface area contributed by atoms with Gasteiger partial charge in [0.15, 0.2) is 5.82 Å². The second-order valence-corrected chi connectivity index (χ2v) is 8.06. The third kappa shape index (κ3) is 3.45. The van der Waals surface area contributed by atoms with Gasteiger partial charge in [0.25, 0.3) is 5.89 Å². The van der Waals surface area contributed by atoms with Crippen LogP contribution >= 0.6 is 0 Å². The van der Waals surface area contributed by atoms with E-state index in [0.717, 1.165) is 24.3 Å². The van der Waals surface area contributed by atoms with E-state index in [0.29, 0.717) is 37.2 Å². The van der Waals surface area contributed by atoms with E-state index in [2.05, 4.69) is 15.5 Å². The van der Waals surface area contributed by atoms with Crippen LogP contribution in [0.2, 0.25) is 0 Å². The van der Waals surface area contributed by atoms with Gasteiger partial charge in [0.1, 0.15) is 5.75 Å². The van der Waals surface area contributed by atoms with Gasteiger partial charge >= 0.3 is 5.97 Å². The van der Waals surface area contributed by atoms with Crippen molar-refractivity contribution in [1.82, 2.24) is 15.5 Å². The van der Waals surface area contributed by atoms with Crippen LogP contribution in [-0.4, -0.2) is 40.9 Å². The number of benzene rings is 2. The van der Waals surface area contributed by atoms with E-state index in [1.807, 2.05) is 54.6 Å². The van der Waals surface area contributed by atoms with Crippen LogP contribution < -0.4 is 10.1 Å². The van der Waals surface area contributed by atoms with E-state index >= 15 is 0 Å². The fourth-order valence-electron chi connectivity index (χ4n) is 4.57. The van der Waals surface area contributed by atoms with E-state index in [1.165, 1.54) is 5.56 Å². The Hall–Kier alpha value is -3.19. The highest BCUT2D eigenvalue weighted by atomic mass is 16.5. The maximum atomic E-state index is 11.5. The fraction of sp³-hybridized carbons (Fsp3) is 0.348. The van der Waals surface area contributed by atoms with Crippen molar-refractivity contribution in [3.05, 3.63) is 66.0 Å². The predicted octanol–water partition coefficient (Wildman–Crippen LogP) is 3.14. The lowest BCUT2D eigenvalue weighted by Gasteiger charge is -2.15. The highest BCUT2D eigenvalue weighted by Gasteiger charge is 2.63. The van der Waals surface area contributed by atoms with E-state index in [9.17, 15) is 9.90 Å². The van der Waals surface area contributed by atoms with Crippen molar-refractivity contribution >= 4 is 5.97 Å². The molecular weight excluding hydrogens is 382 g/mol. The molecule has 1 saturated carbocycles. The molecule has 2 aromatic carbocycles. The molecule has 30 heavy (non-hydrogen) atoms. The van der Waals surface area contributed by atoms with Crippen molar-refractivity contribution in [1.29, 1.82) is 0 Å². The number of hydrogen-bond donors (Lipinski definition) is 2. The van der Waals surface area contributed by atoms with Gasteiger partial charge in [-0.25, -0.2) is 0 Å². The Morgan fingerprint density at radius 3 is 2.77 bits per heavy atom. The molecule has 1 spiro atoms. The van der Waals surface area contributed by atoms with Crippen molar-refractivity contribution in [2.24, 2.45) is 11.3 Å². The van der Waals surface area contributed by atoms with Crippen LogP contribution in [0.4, 0.5) is 0 Å². The number of carboxylic acids is 1. The summed E-state index contributed by atoms with van der Waals surface area (Å²) in [7, 11) is 0. The van der Waals surface area contributed by atoms with E-state index in [-0.39, 0.29) is 11.3 Å². The van der Waals surface area contributed by atoms with Crippen LogP contribution in [0.25, 0.3) is 11.5 Å². The van der Waals surface area contributed by atoms with Crippen LogP contribution in [0.15, 0.2) is 59.1 Å². The second kappa shape index (κ2) is 7.57. The fourth-order valence-corrected chi connectivity index (χ4v) is 4.57. The lowest BCUT2D eigenvalue weighted by atomic mass is 9.88. The number of nitrogens with zero attached hydrogens (tertiary/aromatic N) is 2. The highest BCUT2D eigenvalue weighted by molar-refractivity contribution is 5.73. The summed E-state index contributed by atoms with van der Waals surface area (Å²) in [5.74, 6) is 1.21. The SMILES string of the molecule is O=C(O)C1CNC[C@@]12C[C@@H]2c1ccc(OCCc2noc(-c3ccccc3)n2)cc1. The molecule has 3 aromatic rings. The molecular formula is C23H23N3O4. The number of carbonyl (C=O) groups is 1. The zero-order chi connectivity index (χ0) is 20.6. The molecule has 2 N–H and O–H groups in total. The Bertz CT molecular complexity index is 1030. The van der Waals surface area contributed by atoms with Crippen molar-refractivity contribution in [2.75, 3.05) is 19.7 Å². The molecule has 0 radical (unpaired) electrons. The summed E-state index contributed by atoms with van der Waals surface area (Å²) in [6.07, 6.45) is 1.48. The standard InChI is InChI=1S/C23H23N3O4/c27-22(28)19-13-24-14-23(19)12-18(23)15-6-8-17(9-7-15)29-11-10-20-25-21(30-26-20)16-4-2-1-3-5-16/h1-9,18-19,24H,10-14H2,(H,27,28)/t18-,19?,23-/m1/s1. The van der Waals surface area contributed by atoms with Gasteiger partial charge in [-0.3, -0.25) is 4.79 Å². The normalized spacial score (nSPS) is 24.8. The quantitative estimate of drug-likeness (QED) is 0.623. The Morgan fingerprint density at radius 2 is 2.00 bits per heavy atom. The van der Waals surface area contributed by atoms with Crippen LogP contribution in [0.5, 0.6) is 5.75 Å². The summed E-state index contributed by atoms with van der Waals surface area (Å²) in [5.41, 5.74) is 1.96. The third-order valence-corrected chi connectivity index (χ3v) is 6.28. The first kappa shape index (κ1) is 18.8. The summed E-state index contributed by atoms with van der Waals surface area (Å²) in [6.45, 7) is 1.79. The number of rotatable bonds is 7. The number of nitrogens with one attached hydrogen (secondary N) is 1. The lowest BCUT2D eigenvalue weighted by Crippen LogP contribution is -2.24. The zero-order valence-corrected chi connectivity index (χ0v) is 16.5. The molecule has 7 heteroatoms. The molecule has 1 aliphatic heterocycles. The van der Waals surface area contributed by atoms with Crippen LogP contribution in [0.1, 0.15) is 23.7 Å². The molecule has 2 fully saturated rings. The smallest absolute Gasteiger partial charge is 0.308 e. The van der Waals surface area contributed by atoms with Gasteiger partial charge in [0, 0.05) is 30.5 Å². The van der Waals surface area contributed by atoms with Gasteiger partial charge in [0.2, 0.25) is 0 Å². The molecule has 1 unspecified atom stereocenters. The average Bonchev–Trinajstić information content (AvgIpc) is 3.09.